The molecule has 1 saturated heterocycles. The second-order valence-electron chi connectivity index (χ2n) is 9.28. The van der Waals surface area contributed by atoms with Crippen molar-refractivity contribution in [3.8, 4) is 0 Å². The van der Waals surface area contributed by atoms with Crippen molar-refractivity contribution in [2.75, 3.05) is 0 Å². The number of carbonyl (C=O) groups excluding carboxylic acids is 2. The average Bonchev–Trinajstić information content (AvgIpc) is 3.57. The van der Waals surface area contributed by atoms with E-state index in [-0.39, 0.29) is 29.7 Å². The maximum atomic E-state index is 13.1. The second kappa shape index (κ2) is 8.14. The van der Waals surface area contributed by atoms with Gasteiger partial charge in [-0.3, -0.25) is 14.9 Å². The molecule has 1 saturated carbocycles. The zero-order valence-corrected chi connectivity index (χ0v) is 17.7. The predicted octanol–water partition coefficient (Wildman–Crippen LogP) is 2.73. The third-order valence-corrected chi connectivity index (χ3v) is 5.69. The van der Waals surface area contributed by atoms with Gasteiger partial charge in [-0.25, -0.2) is 9.97 Å². The van der Waals surface area contributed by atoms with Crippen LogP contribution in [0.1, 0.15) is 75.1 Å². The lowest BCUT2D eigenvalue weighted by Gasteiger charge is -2.35. The first-order valence-electron chi connectivity index (χ1n) is 10.5. The lowest BCUT2D eigenvalue weighted by atomic mass is 9.81. The molecular formula is C23H29N5O2. The van der Waals surface area contributed by atoms with Crippen molar-refractivity contribution in [1.29, 1.82) is 0 Å². The molecule has 3 atom stereocenters. The molecule has 30 heavy (non-hydrogen) atoms. The molecule has 2 aliphatic rings. The van der Waals surface area contributed by atoms with Gasteiger partial charge in [0, 0.05) is 12.4 Å². The highest BCUT2D eigenvalue weighted by atomic mass is 16.2. The number of carbonyl (C=O) groups is 2. The van der Waals surface area contributed by atoms with Crippen molar-refractivity contribution in [2.24, 2.45) is 5.41 Å². The second-order valence-corrected chi connectivity index (χ2v) is 9.28. The Balaban J connectivity index is 1.49. The molecule has 0 bridgehead atoms. The molecule has 4 rings (SSSR count). The van der Waals surface area contributed by atoms with Gasteiger partial charge in [-0.2, -0.15) is 0 Å². The van der Waals surface area contributed by atoms with Crippen LogP contribution in [0.25, 0.3) is 0 Å². The first kappa shape index (κ1) is 20.5. The van der Waals surface area contributed by atoms with Crippen molar-refractivity contribution >= 4 is 11.8 Å². The Kier molecular flexibility index (Phi) is 5.56. The van der Waals surface area contributed by atoms with Crippen LogP contribution in [0.5, 0.6) is 0 Å². The largest absolute Gasteiger partial charge is 0.347 e. The van der Waals surface area contributed by atoms with Gasteiger partial charge in [-0.05, 0) is 41.4 Å². The summed E-state index contributed by atoms with van der Waals surface area (Å²) in [6.45, 7) is 6.32. The van der Waals surface area contributed by atoms with Crippen molar-refractivity contribution in [2.45, 2.75) is 64.2 Å². The standard InChI is InChI=1S/C23H29N5O2/c1-23(2,3)19(16-9-7-15(8-10-16)14-5-6-14)28-22(30)17-13-18(29)27-21(26-17)20-24-11-4-12-25-20/h4,7-12,14,17,19,21,26H,5-6,13H2,1-3H3,(H,27,29)(H,28,30)/t17?,19-,21?/m0/s1. The zero-order chi connectivity index (χ0) is 21.3. The Labute approximate surface area is 177 Å². The molecule has 1 aliphatic heterocycles. The van der Waals surface area contributed by atoms with Crippen LogP contribution in [-0.4, -0.2) is 27.8 Å². The number of benzene rings is 1. The van der Waals surface area contributed by atoms with E-state index in [4.69, 9.17) is 0 Å². The van der Waals surface area contributed by atoms with E-state index in [9.17, 15) is 9.59 Å². The van der Waals surface area contributed by atoms with E-state index < -0.39 is 12.2 Å². The summed E-state index contributed by atoms with van der Waals surface area (Å²) in [7, 11) is 0. The minimum atomic E-state index is -0.650. The van der Waals surface area contributed by atoms with Gasteiger partial charge < -0.3 is 10.6 Å². The Bertz CT molecular complexity index is 903. The van der Waals surface area contributed by atoms with Crippen LogP contribution < -0.4 is 16.0 Å². The van der Waals surface area contributed by atoms with Gasteiger partial charge in [-0.1, -0.05) is 45.0 Å². The minimum Gasteiger partial charge on any atom is -0.347 e. The monoisotopic (exact) mass is 407 g/mol. The summed E-state index contributed by atoms with van der Waals surface area (Å²) in [5, 5.41) is 9.15. The third kappa shape index (κ3) is 4.67. The number of hydrogen-bond donors (Lipinski definition) is 3. The maximum absolute atomic E-state index is 13.1. The molecule has 3 N–H and O–H groups in total. The quantitative estimate of drug-likeness (QED) is 0.708. The molecule has 0 spiro atoms. The molecule has 1 aromatic heterocycles. The van der Waals surface area contributed by atoms with E-state index in [1.807, 2.05) is 0 Å². The number of hydrogen-bond acceptors (Lipinski definition) is 5. The van der Waals surface area contributed by atoms with E-state index >= 15 is 0 Å². The molecule has 7 nitrogen and oxygen atoms in total. The molecule has 2 heterocycles. The number of aromatic nitrogens is 2. The van der Waals surface area contributed by atoms with Crippen LogP contribution in [0, 0.1) is 5.41 Å². The Morgan fingerprint density at radius 2 is 1.80 bits per heavy atom. The first-order valence-corrected chi connectivity index (χ1v) is 10.5. The first-order chi connectivity index (χ1) is 14.3. The molecule has 7 heteroatoms. The van der Waals surface area contributed by atoms with E-state index in [2.05, 4.69) is 71.0 Å². The number of nitrogens with zero attached hydrogens (tertiary/aromatic N) is 2. The van der Waals surface area contributed by atoms with Crippen LogP contribution in [0.3, 0.4) is 0 Å². The van der Waals surface area contributed by atoms with E-state index in [1.165, 1.54) is 18.4 Å². The summed E-state index contributed by atoms with van der Waals surface area (Å²) in [6, 6.07) is 9.47. The summed E-state index contributed by atoms with van der Waals surface area (Å²) < 4.78 is 0. The molecule has 2 aromatic rings. The molecule has 2 fully saturated rings. The van der Waals surface area contributed by atoms with Crippen LogP contribution >= 0.6 is 0 Å². The highest BCUT2D eigenvalue weighted by Crippen LogP contribution is 2.41. The zero-order valence-electron chi connectivity index (χ0n) is 17.7. The summed E-state index contributed by atoms with van der Waals surface area (Å²) in [6.07, 6.45) is 5.24. The lowest BCUT2D eigenvalue weighted by molar-refractivity contribution is -0.132. The molecule has 158 valence electrons. The minimum absolute atomic E-state index is 0.0760. The fourth-order valence-electron chi connectivity index (χ4n) is 3.89. The lowest BCUT2D eigenvalue weighted by Crippen LogP contribution is -2.57. The number of nitrogens with one attached hydrogen (secondary N) is 3. The average molecular weight is 408 g/mol. The predicted molar refractivity (Wildman–Crippen MR) is 113 cm³/mol. The summed E-state index contributed by atoms with van der Waals surface area (Å²) in [5.74, 6) is 0.736. The van der Waals surface area contributed by atoms with Crippen LogP contribution in [0.4, 0.5) is 0 Å². The van der Waals surface area contributed by atoms with Crippen LogP contribution in [0.15, 0.2) is 42.7 Å². The topological polar surface area (TPSA) is 96.0 Å². The van der Waals surface area contributed by atoms with Crippen molar-refractivity contribution < 1.29 is 9.59 Å². The summed E-state index contributed by atoms with van der Waals surface area (Å²) in [4.78, 5) is 33.7. The fourth-order valence-corrected chi connectivity index (χ4v) is 3.89. The maximum Gasteiger partial charge on any atom is 0.238 e. The van der Waals surface area contributed by atoms with E-state index in [0.717, 1.165) is 5.56 Å². The van der Waals surface area contributed by atoms with Gasteiger partial charge in [0.25, 0.3) is 0 Å². The highest BCUT2D eigenvalue weighted by Gasteiger charge is 2.36. The Morgan fingerprint density at radius 1 is 1.13 bits per heavy atom. The van der Waals surface area contributed by atoms with E-state index in [0.29, 0.717) is 11.7 Å². The van der Waals surface area contributed by atoms with Gasteiger partial charge in [0.05, 0.1) is 18.5 Å². The smallest absolute Gasteiger partial charge is 0.238 e. The van der Waals surface area contributed by atoms with Gasteiger partial charge in [-0.15, -0.1) is 0 Å². The van der Waals surface area contributed by atoms with Crippen LogP contribution in [-0.2, 0) is 9.59 Å². The number of rotatable bonds is 5. The van der Waals surface area contributed by atoms with Gasteiger partial charge in [0.2, 0.25) is 11.8 Å². The Morgan fingerprint density at radius 3 is 2.40 bits per heavy atom. The SMILES string of the molecule is CC(C)(C)[C@@H](NC(=O)C1CC(=O)NC(c2ncccn2)N1)c1ccc(C2CC2)cc1. The molecule has 2 unspecified atom stereocenters. The molecule has 0 radical (unpaired) electrons. The summed E-state index contributed by atoms with van der Waals surface area (Å²) in [5.41, 5.74) is 2.26. The van der Waals surface area contributed by atoms with Crippen LogP contribution in [0.2, 0.25) is 0 Å². The van der Waals surface area contributed by atoms with Gasteiger partial charge >= 0.3 is 0 Å². The van der Waals surface area contributed by atoms with E-state index in [1.54, 1.807) is 18.5 Å². The fraction of sp³-hybridized carbons (Fsp3) is 0.478. The Hall–Kier alpha value is -2.80. The highest BCUT2D eigenvalue weighted by molar-refractivity contribution is 5.89. The third-order valence-electron chi connectivity index (χ3n) is 5.69. The molecule has 1 aromatic carbocycles. The molecule has 1 aliphatic carbocycles. The molecular weight excluding hydrogens is 378 g/mol. The number of amides is 2. The van der Waals surface area contributed by atoms with Crippen molar-refractivity contribution in [3.05, 3.63) is 59.7 Å². The van der Waals surface area contributed by atoms with Gasteiger partial charge in [0.15, 0.2) is 5.82 Å². The van der Waals surface area contributed by atoms with Crippen molar-refractivity contribution in [3.63, 3.8) is 0 Å². The summed E-state index contributed by atoms with van der Waals surface area (Å²) >= 11 is 0. The molecule has 2 amide bonds. The normalized spacial score (nSPS) is 22.8. The van der Waals surface area contributed by atoms with Gasteiger partial charge in [0.1, 0.15) is 6.17 Å². The van der Waals surface area contributed by atoms with Crippen molar-refractivity contribution in [1.82, 2.24) is 25.9 Å².